The number of para-hydroxylation sites is 1. The Labute approximate surface area is 113 Å². The van der Waals surface area contributed by atoms with Crippen molar-refractivity contribution in [2.75, 3.05) is 5.75 Å². The molecule has 2 N–H and O–H groups in total. The first-order valence-corrected chi connectivity index (χ1v) is 6.74. The highest BCUT2D eigenvalue weighted by Crippen LogP contribution is 2.18. The van der Waals surface area contributed by atoms with Crippen LogP contribution in [0.1, 0.15) is 12.8 Å². The van der Waals surface area contributed by atoms with Crippen molar-refractivity contribution in [3.63, 3.8) is 0 Å². The van der Waals surface area contributed by atoms with Crippen molar-refractivity contribution in [1.82, 2.24) is 14.8 Å². The summed E-state index contributed by atoms with van der Waals surface area (Å²) >= 11 is 1.36. The quantitative estimate of drug-likeness (QED) is 0.618. The number of nitrogens with one attached hydrogen (secondary N) is 1. The molecular weight excluding hydrogens is 266 g/mol. The van der Waals surface area contributed by atoms with Crippen LogP contribution in [0.25, 0.3) is 5.69 Å². The second-order valence-electron chi connectivity index (χ2n) is 3.83. The number of aromatic amines is 1. The van der Waals surface area contributed by atoms with E-state index in [0.29, 0.717) is 17.3 Å². The van der Waals surface area contributed by atoms with Gasteiger partial charge in [0, 0.05) is 12.2 Å². The zero-order valence-corrected chi connectivity index (χ0v) is 10.9. The summed E-state index contributed by atoms with van der Waals surface area (Å²) in [5.41, 5.74) is 0.405. The molecule has 0 saturated carbocycles. The number of hydrogen-bond donors (Lipinski definition) is 2. The molecule has 0 bridgehead atoms. The van der Waals surface area contributed by atoms with Gasteiger partial charge in [-0.05, 0) is 18.6 Å². The maximum absolute atomic E-state index is 11.3. The number of aromatic nitrogens is 3. The molecule has 0 aliphatic rings. The monoisotopic (exact) mass is 279 g/mol. The Morgan fingerprint density at radius 1 is 1.37 bits per heavy atom. The molecule has 1 heterocycles. The summed E-state index contributed by atoms with van der Waals surface area (Å²) in [6.07, 6.45) is 0.656. The van der Waals surface area contributed by atoms with Gasteiger partial charge in [0.15, 0.2) is 5.16 Å². The van der Waals surface area contributed by atoms with E-state index in [4.69, 9.17) is 5.11 Å². The predicted molar refractivity (Wildman–Crippen MR) is 71.8 cm³/mol. The number of hydrogen-bond acceptors (Lipinski definition) is 4. The molecule has 0 fully saturated rings. The molecular formula is C12H13N3O3S. The number of nitrogens with zero attached hydrogens (tertiary/aromatic N) is 2. The minimum Gasteiger partial charge on any atom is -0.481 e. The summed E-state index contributed by atoms with van der Waals surface area (Å²) in [7, 11) is 0. The molecule has 2 aromatic rings. The number of benzene rings is 1. The van der Waals surface area contributed by atoms with Gasteiger partial charge in [0.2, 0.25) is 0 Å². The van der Waals surface area contributed by atoms with Gasteiger partial charge in [-0.2, -0.15) is 4.98 Å². The van der Waals surface area contributed by atoms with Crippen molar-refractivity contribution in [2.24, 2.45) is 0 Å². The van der Waals surface area contributed by atoms with Crippen LogP contribution in [0.3, 0.4) is 0 Å². The molecule has 0 aliphatic heterocycles. The van der Waals surface area contributed by atoms with Crippen molar-refractivity contribution in [3.8, 4) is 5.69 Å². The summed E-state index contributed by atoms with van der Waals surface area (Å²) in [6, 6.07) is 9.34. The van der Waals surface area contributed by atoms with Crippen molar-refractivity contribution in [1.29, 1.82) is 0 Å². The lowest BCUT2D eigenvalue weighted by Gasteiger charge is -2.05. The third-order valence-corrected chi connectivity index (χ3v) is 3.40. The van der Waals surface area contributed by atoms with Gasteiger partial charge in [-0.15, -0.1) is 0 Å². The summed E-state index contributed by atoms with van der Waals surface area (Å²) in [6.45, 7) is 0. The largest absolute Gasteiger partial charge is 0.481 e. The van der Waals surface area contributed by atoms with Crippen molar-refractivity contribution in [3.05, 3.63) is 40.8 Å². The molecule has 0 aliphatic carbocycles. The third kappa shape index (κ3) is 3.72. The van der Waals surface area contributed by atoms with Gasteiger partial charge in [0.25, 0.3) is 0 Å². The summed E-state index contributed by atoms with van der Waals surface area (Å²) in [4.78, 5) is 25.6. The number of aliphatic carboxylic acids is 1. The molecule has 1 aromatic heterocycles. The molecule has 19 heavy (non-hydrogen) atoms. The number of carboxylic acids is 1. The van der Waals surface area contributed by atoms with Gasteiger partial charge in [-0.25, -0.2) is 14.6 Å². The Kier molecular flexibility index (Phi) is 4.40. The van der Waals surface area contributed by atoms with Crippen LogP contribution < -0.4 is 5.69 Å². The Hall–Kier alpha value is -2.02. The molecule has 1 aromatic carbocycles. The molecule has 7 heteroatoms. The summed E-state index contributed by atoms with van der Waals surface area (Å²) in [5.74, 6) is -0.216. The van der Waals surface area contributed by atoms with Crippen LogP contribution in [0.4, 0.5) is 0 Å². The minimum atomic E-state index is -0.817. The molecule has 2 rings (SSSR count). The average molecular weight is 279 g/mol. The Morgan fingerprint density at radius 3 is 2.79 bits per heavy atom. The highest BCUT2D eigenvalue weighted by atomic mass is 32.2. The maximum Gasteiger partial charge on any atom is 0.362 e. The fourth-order valence-corrected chi connectivity index (χ4v) is 2.44. The van der Waals surface area contributed by atoms with Crippen molar-refractivity contribution >= 4 is 17.7 Å². The van der Waals surface area contributed by atoms with Gasteiger partial charge in [0.05, 0.1) is 5.69 Å². The first kappa shape index (κ1) is 13.4. The molecule has 0 saturated heterocycles. The summed E-state index contributed by atoms with van der Waals surface area (Å²) in [5, 5.41) is 11.7. The number of H-pyrrole nitrogens is 1. The molecule has 0 atom stereocenters. The number of thioether (sulfide) groups is 1. The number of rotatable bonds is 6. The highest BCUT2D eigenvalue weighted by molar-refractivity contribution is 7.99. The van der Waals surface area contributed by atoms with E-state index in [2.05, 4.69) is 10.1 Å². The highest BCUT2D eigenvalue weighted by Gasteiger charge is 2.08. The van der Waals surface area contributed by atoms with E-state index < -0.39 is 11.7 Å². The number of carbonyl (C=O) groups is 1. The summed E-state index contributed by atoms with van der Waals surface area (Å²) < 4.78 is 1.60. The van der Waals surface area contributed by atoms with Crippen molar-refractivity contribution < 1.29 is 9.90 Å². The van der Waals surface area contributed by atoms with Crippen LogP contribution in [0.2, 0.25) is 0 Å². The number of carboxylic acid groups (broad SMARTS) is 1. The third-order valence-electron chi connectivity index (χ3n) is 2.38. The SMILES string of the molecule is O=C(O)CCCSc1nc(=O)[nH]n1-c1ccccc1. The van der Waals surface area contributed by atoms with Crippen molar-refractivity contribution in [2.45, 2.75) is 18.0 Å². The second-order valence-corrected chi connectivity index (χ2v) is 4.89. The van der Waals surface area contributed by atoms with Gasteiger partial charge >= 0.3 is 11.7 Å². The lowest BCUT2D eigenvalue weighted by molar-refractivity contribution is -0.137. The van der Waals surface area contributed by atoms with Crippen LogP contribution in [0, 0.1) is 0 Å². The van der Waals surface area contributed by atoms with Crippen LogP contribution in [-0.4, -0.2) is 31.6 Å². The van der Waals surface area contributed by atoms with Gasteiger partial charge in [0.1, 0.15) is 0 Å². The molecule has 0 amide bonds. The molecule has 0 spiro atoms. The van der Waals surface area contributed by atoms with Gasteiger partial charge in [-0.1, -0.05) is 30.0 Å². The first-order valence-electron chi connectivity index (χ1n) is 5.76. The Morgan fingerprint density at radius 2 is 2.11 bits per heavy atom. The fraction of sp³-hybridized carbons (Fsp3) is 0.250. The van der Waals surface area contributed by atoms with Gasteiger partial charge < -0.3 is 5.11 Å². The van der Waals surface area contributed by atoms with E-state index in [1.165, 1.54) is 11.8 Å². The van der Waals surface area contributed by atoms with Crippen LogP contribution >= 0.6 is 11.8 Å². The van der Waals surface area contributed by atoms with Gasteiger partial charge in [-0.3, -0.25) is 4.79 Å². The first-order chi connectivity index (χ1) is 9.16. The van der Waals surface area contributed by atoms with E-state index >= 15 is 0 Å². The maximum atomic E-state index is 11.3. The van der Waals surface area contributed by atoms with Crippen LogP contribution in [0.15, 0.2) is 40.3 Å². The lowest BCUT2D eigenvalue weighted by Crippen LogP contribution is -2.04. The van der Waals surface area contributed by atoms with E-state index in [1.807, 2.05) is 30.3 Å². The molecule has 100 valence electrons. The topological polar surface area (TPSA) is 88.0 Å². The van der Waals surface area contributed by atoms with Crippen LogP contribution in [0.5, 0.6) is 0 Å². The lowest BCUT2D eigenvalue weighted by atomic mass is 10.3. The molecule has 6 nitrogen and oxygen atoms in total. The standard InChI is InChI=1S/C12H13N3O3S/c16-10(17)7-4-8-19-12-13-11(18)14-15(12)9-5-2-1-3-6-9/h1-3,5-6H,4,7-8H2,(H,14,18)(H,16,17). The Balaban J connectivity index is 2.09. The molecule has 0 radical (unpaired) electrons. The van der Waals surface area contributed by atoms with E-state index in [1.54, 1.807) is 4.68 Å². The second kappa shape index (κ2) is 6.24. The predicted octanol–water partition coefficient (Wildman–Crippen LogP) is 1.52. The van der Waals surface area contributed by atoms with E-state index in [-0.39, 0.29) is 6.42 Å². The Bertz CT molecular complexity index is 606. The fourth-order valence-electron chi connectivity index (χ4n) is 1.54. The normalized spacial score (nSPS) is 10.5. The van der Waals surface area contributed by atoms with E-state index in [0.717, 1.165) is 5.69 Å². The smallest absolute Gasteiger partial charge is 0.362 e. The average Bonchev–Trinajstić information content (AvgIpc) is 2.77. The van der Waals surface area contributed by atoms with Crippen LogP contribution in [-0.2, 0) is 4.79 Å². The van der Waals surface area contributed by atoms with E-state index in [9.17, 15) is 9.59 Å². The minimum absolute atomic E-state index is 0.118. The zero-order valence-electron chi connectivity index (χ0n) is 10.1. The zero-order chi connectivity index (χ0) is 13.7. The molecule has 0 unspecified atom stereocenters.